The second-order valence-electron chi connectivity index (χ2n) is 5.89. The number of carbonyl (C=O) groups is 1. The zero-order valence-electron chi connectivity index (χ0n) is 13.1. The lowest BCUT2D eigenvalue weighted by Crippen LogP contribution is -2.27. The van der Waals surface area contributed by atoms with Gasteiger partial charge in [0.15, 0.2) is 0 Å². The average molecular weight is 330 g/mol. The molecule has 0 saturated carbocycles. The Hall–Kier alpha value is -2.20. The molecule has 120 valence electrons. The van der Waals surface area contributed by atoms with Crippen LogP contribution in [0.1, 0.15) is 28.8 Å². The molecule has 0 aromatic heterocycles. The Morgan fingerprint density at radius 2 is 1.83 bits per heavy atom. The van der Waals surface area contributed by atoms with Crippen molar-refractivity contribution in [3.8, 4) is 0 Å². The number of amides is 1. The average Bonchev–Trinajstić information content (AvgIpc) is 3.05. The van der Waals surface area contributed by atoms with Gasteiger partial charge in [-0.2, -0.15) is 0 Å². The molecule has 2 aromatic rings. The van der Waals surface area contributed by atoms with Gasteiger partial charge in [0.25, 0.3) is 5.91 Å². The van der Waals surface area contributed by atoms with Gasteiger partial charge in [-0.15, -0.1) is 0 Å². The van der Waals surface area contributed by atoms with Crippen LogP contribution in [0.5, 0.6) is 0 Å². The lowest BCUT2D eigenvalue weighted by molar-refractivity contribution is 0.0793. The van der Waals surface area contributed by atoms with E-state index in [1.165, 1.54) is 0 Å². The van der Waals surface area contributed by atoms with Crippen LogP contribution in [-0.4, -0.2) is 23.9 Å². The number of anilines is 3. The third kappa shape index (κ3) is 3.42. The summed E-state index contributed by atoms with van der Waals surface area (Å²) in [5, 5.41) is 4.00. The normalized spacial score (nSPS) is 14.1. The summed E-state index contributed by atoms with van der Waals surface area (Å²) in [6, 6.07) is 11.1. The molecule has 23 heavy (non-hydrogen) atoms. The number of likely N-dealkylation sites (tertiary alicyclic amines) is 1. The molecular formula is C18H20ClN3O. The summed E-state index contributed by atoms with van der Waals surface area (Å²) in [7, 11) is 0. The lowest BCUT2D eigenvalue weighted by Gasteiger charge is -2.17. The predicted molar refractivity (Wildman–Crippen MR) is 95.5 cm³/mol. The highest BCUT2D eigenvalue weighted by Crippen LogP contribution is 2.28. The van der Waals surface area contributed by atoms with Gasteiger partial charge in [-0.05, 0) is 61.7 Å². The van der Waals surface area contributed by atoms with Crippen molar-refractivity contribution < 1.29 is 4.79 Å². The Labute approximate surface area is 141 Å². The van der Waals surface area contributed by atoms with E-state index in [2.05, 4.69) is 5.32 Å². The number of carbonyl (C=O) groups excluding carboxylic acids is 1. The minimum Gasteiger partial charge on any atom is -0.397 e. The molecule has 0 radical (unpaired) electrons. The van der Waals surface area contributed by atoms with Gasteiger partial charge in [0, 0.05) is 29.4 Å². The highest BCUT2D eigenvalue weighted by Gasteiger charge is 2.20. The third-order valence-corrected chi connectivity index (χ3v) is 4.38. The molecule has 3 rings (SSSR count). The van der Waals surface area contributed by atoms with Crippen LogP contribution in [0.4, 0.5) is 17.1 Å². The molecule has 0 aliphatic carbocycles. The Morgan fingerprint density at radius 3 is 2.48 bits per heavy atom. The Bertz CT molecular complexity index is 739. The van der Waals surface area contributed by atoms with Gasteiger partial charge in [-0.25, -0.2) is 0 Å². The summed E-state index contributed by atoms with van der Waals surface area (Å²) in [5.74, 6) is 0.0587. The molecule has 1 amide bonds. The van der Waals surface area contributed by atoms with Crippen LogP contribution < -0.4 is 11.1 Å². The second kappa shape index (κ2) is 6.50. The maximum atomic E-state index is 12.4. The van der Waals surface area contributed by atoms with Gasteiger partial charge < -0.3 is 16.0 Å². The van der Waals surface area contributed by atoms with Crippen LogP contribution in [0, 0.1) is 6.92 Å². The number of aryl methyl sites for hydroxylation is 1. The van der Waals surface area contributed by atoms with Crippen LogP contribution in [0.25, 0.3) is 0 Å². The molecule has 0 atom stereocenters. The second-order valence-corrected chi connectivity index (χ2v) is 6.32. The molecule has 5 heteroatoms. The lowest BCUT2D eigenvalue weighted by atomic mass is 10.1. The van der Waals surface area contributed by atoms with Crippen molar-refractivity contribution in [3.63, 3.8) is 0 Å². The van der Waals surface area contributed by atoms with Crippen molar-refractivity contribution in [2.45, 2.75) is 19.8 Å². The molecule has 1 aliphatic rings. The number of hydrogen-bond acceptors (Lipinski definition) is 3. The van der Waals surface area contributed by atoms with Crippen LogP contribution in [-0.2, 0) is 0 Å². The number of benzene rings is 2. The van der Waals surface area contributed by atoms with E-state index >= 15 is 0 Å². The van der Waals surface area contributed by atoms with E-state index < -0.39 is 0 Å². The van der Waals surface area contributed by atoms with Gasteiger partial charge in [0.05, 0.1) is 11.4 Å². The van der Waals surface area contributed by atoms with E-state index in [-0.39, 0.29) is 5.91 Å². The maximum absolute atomic E-state index is 12.4. The van der Waals surface area contributed by atoms with E-state index in [9.17, 15) is 4.79 Å². The maximum Gasteiger partial charge on any atom is 0.253 e. The van der Waals surface area contributed by atoms with Gasteiger partial charge in [0.2, 0.25) is 0 Å². The minimum absolute atomic E-state index is 0.0587. The van der Waals surface area contributed by atoms with E-state index in [1.807, 2.05) is 42.2 Å². The zero-order valence-corrected chi connectivity index (χ0v) is 13.9. The van der Waals surface area contributed by atoms with Crippen molar-refractivity contribution in [1.82, 2.24) is 4.90 Å². The van der Waals surface area contributed by atoms with Gasteiger partial charge in [0.1, 0.15) is 0 Å². The number of halogens is 1. The number of hydrogen-bond donors (Lipinski definition) is 2. The topological polar surface area (TPSA) is 58.4 Å². The quantitative estimate of drug-likeness (QED) is 0.829. The standard InChI is InChI=1S/C18H20ClN3O/c1-12-10-14(19)5-7-16(12)21-17-6-4-13(11-15(17)20)18(23)22-8-2-3-9-22/h4-7,10-11,21H,2-3,8-9,20H2,1H3. The highest BCUT2D eigenvalue weighted by atomic mass is 35.5. The van der Waals surface area contributed by atoms with E-state index in [1.54, 1.807) is 6.07 Å². The summed E-state index contributed by atoms with van der Waals surface area (Å²) in [6.07, 6.45) is 2.16. The molecule has 1 aliphatic heterocycles. The summed E-state index contributed by atoms with van der Waals surface area (Å²) in [6.45, 7) is 3.65. The number of rotatable bonds is 3. The summed E-state index contributed by atoms with van der Waals surface area (Å²) >= 11 is 5.97. The van der Waals surface area contributed by atoms with E-state index in [0.717, 1.165) is 42.9 Å². The van der Waals surface area contributed by atoms with Crippen molar-refractivity contribution in [2.24, 2.45) is 0 Å². The molecule has 2 aromatic carbocycles. The smallest absolute Gasteiger partial charge is 0.253 e. The van der Waals surface area contributed by atoms with Gasteiger partial charge in [-0.3, -0.25) is 4.79 Å². The first kappa shape index (κ1) is 15.7. The number of nitrogens with one attached hydrogen (secondary N) is 1. The third-order valence-electron chi connectivity index (χ3n) is 4.15. The number of nitrogens with two attached hydrogens (primary N) is 1. The van der Waals surface area contributed by atoms with Crippen molar-refractivity contribution in [2.75, 3.05) is 24.1 Å². The van der Waals surface area contributed by atoms with E-state index in [0.29, 0.717) is 16.3 Å². The molecule has 1 fully saturated rings. The van der Waals surface area contributed by atoms with Gasteiger partial charge in [-0.1, -0.05) is 11.6 Å². The van der Waals surface area contributed by atoms with Crippen molar-refractivity contribution >= 4 is 34.6 Å². The summed E-state index contributed by atoms with van der Waals surface area (Å²) in [4.78, 5) is 14.3. The number of nitrogen functional groups attached to an aromatic ring is 1. The SMILES string of the molecule is Cc1cc(Cl)ccc1Nc1ccc(C(=O)N2CCCC2)cc1N. The molecule has 0 unspecified atom stereocenters. The highest BCUT2D eigenvalue weighted by molar-refractivity contribution is 6.30. The van der Waals surface area contributed by atoms with Crippen LogP contribution in [0.15, 0.2) is 36.4 Å². The summed E-state index contributed by atoms with van der Waals surface area (Å²) in [5.41, 5.74) is 10.1. The fourth-order valence-corrected chi connectivity index (χ4v) is 3.05. The molecule has 1 heterocycles. The number of nitrogens with zero attached hydrogens (tertiary/aromatic N) is 1. The molecule has 3 N–H and O–H groups in total. The fourth-order valence-electron chi connectivity index (χ4n) is 2.82. The van der Waals surface area contributed by atoms with Crippen molar-refractivity contribution in [1.29, 1.82) is 0 Å². The molecule has 1 saturated heterocycles. The fraction of sp³-hybridized carbons (Fsp3) is 0.278. The Kier molecular flexibility index (Phi) is 4.44. The van der Waals surface area contributed by atoms with Crippen LogP contribution >= 0.6 is 11.6 Å². The Balaban J connectivity index is 1.80. The molecule has 0 spiro atoms. The first-order valence-electron chi connectivity index (χ1n) is 7.76. The van der Waals surface area contributed by atoms with E-state index in [4.69, 9.17) is 17.3 Å². The molecule has 4 nitrogen and oxygen atoms in total. The zero-order chi connectivity index (χ0) is 16.4. The monoisotopic (exact) mass is 329 g/mol. The minimum atomic E-state index is 0.0587. The largest absolute Gasteiger partial charge is 0.397 e. The molecule has 0 bridgehead atoms. The first-order valence-corrected chi connectivity index (χ1v) is 8.14. The van der Waals surface area contributed by atoms with Gasteiger partial charge >= 0.3 is 0 Å². The van der Waals surface area contributed by atoms with Crippen LogP contribution in [0.3, 0.4) is 0 Å². The predicted octanol–water partition coefficient (Wildman–Crippen LogP) is 4.21. The van der Waals surface area contributed by atoms with Crippen molar-refractivity contribution in [3.05, 3.63) is 52.5 Å². The Morgan fingerprint density at radius 1 is 1.13 bits per heavy atom. The summed E-state index contributed by atoms with van der Waals surface area (Å²) < 4.78 is 0. The molecular weight excluding hydrogens is 310 g/mol. The van der Waals surface area contributed by atoms with Crippen LogP contribution in [0.2, 0.25) is 5.02 Å². The first-order chi connectivity index (χ1) is 11.0.